The third-order valence-electron chi connectivity index (χ3n) is 13.8. The van der Waals surface area contributed by atoms with Gasteiger partial charge in [0.15, 0.2) is 0 Å². The summed E-state index contributed by atoms with van der Waals surface area (Å²) in [5, 5.41) is 27.3. The predicted molar refractivity (Wildman–Crippen MR) is 237 cm³/mol. The monoisotopic (exact) mass is 1020 g/mol. The average Bonchev–Trinajstić information content (AvgIpc) is 3.32. The fourth-order valence-corrected chi connectivity index (χ4v) is 9.91. The van der Waals surface area contributed by atoms with Crippen LogP contribution in [0.5, 0.6) is 0 Å². The van der Waals surface area contributed by atoms with Gasteiger partial charge in [-0.05, 0) is 97.5 Å². The molecule has 5 fully saturated rings. The van der Waals surface area contributed by atoms with Gasteiger partial charge in [0.2, 0.25) is 17.7 Å². The molecule has 2 saturated carbocycles. The van der Waals surface area contributed by atoms with E-state index in [9.17, 15) is 69.0 Å². The van der Waals surface area contributed by atoms with E-state index in [-0.39, 0.29) is 67.2 Å². The third-order valence-corrected chi connectivity index (χ3v) is 13.8. The topological polar surface area (TPSA) is 196 Å². The second kappa shape index (κ2) is 19.6. The first-order valence-corrected chi connectivity index (χ1v) is 22.6. The maximum atomic E-state index is 14.9. The minimum absolute atomic E-state index is 0.00277. The van der Waals surface area contributed by atoms with Gasteiger partial charge in [0, 0.05) is 32.1 Å². The van der Waals surface area contributed by atoms with Gasteiger partial charge in [0.1, 0.15) is 35.8 Å². The fraction of sp³-hybridized carbons (Fsp3) is 0.360. The molecule has 0 radical (unpaired) electrons. The van der Waals surface area contributed by atoms with Gasteiger partial charge in [-0.1, -0.05) is 24.3 Å². The molecule has 1 N–H and O–H groups in total. The number of hydrogen-bond donors (Lipinski definition) is 1. The van der Waals surface area contributed by atoms with Gasteiger partial charge in [-0.15, -0.1) is 0 Å². The van der Waals surface area contributed by atoms with Crippen LogP contribution >= 0.6 is 0 Å². The van der Waals surface area contributed by atoms with Gasteiger partial charge in [0.25, 0.3) is 11.8 Å². The molecule has 3 aliphatic heterocycles. The number of amides is 5. The van der Waals surface area contributed by atoms with Crippen molar-refractivity contribution < 1.29 is 73.7 Å². The van der Waals surface area contributed by atoms with Crippen molar-refractivity contribution in [1.29, 1.82) is 10.5 Å². The van der Waals surface area contributed by atoms with Crippen LogP contribution in [0.1, 0.15) is 59.1 Å². The quantitative estimate of drug-likeness (QED) is 0.192. The van der Waals surface area contributed by atoms with Gasteiger partial charge in [-0.3, -0.25) is 38.6 Å². The Morgan fingerprint density at radius 3 is 1.34 bits per heavy atom. The highest BCUT2D eigenvalue weighted by Gasteiger charge is 2.63. The molecule has 0 bridgehead atoms. The number of carboxylic acid groups (broad SMARTS) is 1. The van der Waals surface area contributed by atoms with Crippen molar-refractivity contribution in [2.24, 2.45) is 11.8 Å². The molecular formula is C50H41F8N7O8. The number of nitrogens with zero attached hydrogens (tertiary/aromatic N) is 7. The lowest BCUT2D eigenvalue weighted by atomic mass is 9.64. The van der Waals surface area contributed by atoms with Crippen LogP contribution in [0.25, 0.3) is 0 Å². The number of nitriles is 2. The van der Waals surface area contributed by atoms with E-state index in [1.165, 1.54) is 58.3 Å². The second-order valence-corrected chi connectivity index (χ2v) is 18.2. The van der Waals surface area contributed by atoms with E-state index in [0.29, 0.717) is 37.4 Å². The average molecular weight is 1020 g/mol. The van der Waals surface area contributed by atoms with Gasteiger partial charge in [0.05, 0.1) is 64.9 Å². The second-order valence-electron chi connectivity index (χ2n) is 18.2. The minimum atomic E-state index is -4.54. The summed E-state index contributed by atoms with van der Waals surface area (Å²) in [4.78, 5) is 84.6. The molecule has 4 aromatic rings. The molecule has 5 aliphatic rings. The molecule has 2 spiro atoms. The van der Waals surface area contributed by atoms with Gasteiger partial charge in [-0.2, -0.15) is 36.9 Å². The number of carbonyl (C=O) groups excluding carboxylic acids is 5. The number of piperazine rings is 2. The maximum Gasteiger partial charge on any atom is 0.416 e. The third kappa shape index (κ3) is 9.88. The highest BCUT2D eigenvalue weighted by atomic mass is 19.4. The van der Waals surface area contributed by atoms with Crippen molar-refractivity contribution in [2.75, 3.05) is 49.2 Å². The molecule has 0 aromatic heterocycles. The van der Waals surface area contributed by atoms with E-state index in [4.69, 9.17) is 15.3 Å². The molecule has 5 amide bonds. The maximum absolute atomic E-state index is 14.9. The number of aliphatic carboxylic acids is 1. The summed E-state index contributed by atoms with van der Waals surface area (Å²) in [7, 11) is 0. The van der Waals surface area contributed by atoms with Crippen molar-refractivity contribution in [2.45, 2.75) is 62.2 Å². The van der Waals surface area contributed by atoms with E-state index in [1.54, 1.807) is 11.0 Å². The van der Waals surface area contributed by atoms with Gasteiger partial charge in [-0.25, -0.2) is 8.78 Å². The van der Waals surface area contributed by atoms with Crippen LogP contribution in [0, 0.1) is 46.1 Å². The molecule has 380 valence electrons. The molecule has 23 heteroatoms. The normalized spacial score (nSPS) is 23.1. The molecule has 3 heterocycles. The Bertz CT molecular complexity index is 2950. The summed E-state index contributed by atoms with van der Waals surface area (Å²) in [6.07, 6.45) is -9.47. The van der Waals surface area contributed by atoms with Crippen molar-refractivity contribution in [3.63, 3.8) is 0 Å². The predicted octanol–water partition coefficient (Wildman–Crippen LogP) is 6.42. The Kier molecular flexibility index (Phi) is 13.8. The molecule has 9 rings (SSSR count). The summed E-state index contributed by atoms with van der Waals surface area (Å²) in [5.41, 5.74) is -4.36. The smallest absolute Gasteiger partial charge is 0.416 e. The lowest BCUT2D eigenvalue weighted by Gasteiger charge is -2.57. The molecule has 0 atom stereocenters. The first kappa shape index (κ1) is 51.4. The molecule has 0 unspecified atom stereocenters. The number of halogens is 8. The largest absolute Gasteiger partial charge is 0.481 e. The Balaban J connectivity index is 0.000000197. The van der Waals surface area contributed by atoms with Crippen LogP contribution in [0.15, 0.2) is 84.9 Å². The van der Waals surface area contributed by atoms with Crippen molar-refractivity contribution in [3.8, 4) is 12.1 Å². The van der Waals surface area contributed by atoms with Crippen LogP contribution in [0.2, 0.25) is 0 Å². The number of hydrogen-bond acceptors (Lipinski definition) is 9. The number of anilines is 2. The highest BCUT2D eigenvalue weighted by Crippen LogP contribution is 2.50. The lowest BCUT2D eigenvalue weighted by Crippen LogP contribution is -2.74. The zero-order chi connectivity index (χ0) is 52.8. The Morgan fingerprint density at radius 2 is 1.00 bits per heavy atom. The van der Waals surface area contributed by atoms with E-state index < -0.39 is 101 Å². The molecule has 15 nitrogen and oxygen atoms in total. The van der Waals surface area contributed by atoms with Crippen LogP contribution in [-0.4, -0.2) is 106 Å². The number of alkyl halides is 6. The molecule has 73 heavy (non-hydrogen) atoms. The summed E-state index contributed by atoms with van der Waals surface area (Å²) >= 11 is 0. The van der Waals surface area contributed by atoms with Crippen LogP contribution in [0.4, 0.5) is 46.5 Å². The van der Waals surface area contributed by atoms with E-state index >= 15 is 0 Å². The fourth-order valence-electron chi connectivity index (χ4n) is 9.91. The number of rotatable bonds is 8. The Hall–Kier alpha value is -7.92. The Morgan fingerprint density at radius 1 is 0.616 bits per heavy atom. The van der Waals surface area contributed by atoms with E-state index in [1.807, 2.05) is 6.07 Å². The van der Waals surface area contributed by atoms with Crippen LogP contribution in [-0.2, 0) is 58.9 Å². The first-order chi connectivity index (χ1) is 34.5. The molecule has 4 aromatic carbocycles. The standard InChI is InChI=1S/C27H24F4N4O4.C23H17F4N3O4/c28-21-11-18(14-32)3-6-22(21)34-16-23(36)35(15-17-1-4-20(5-2-17)27(29,30)31)26(25(34)38)12-19(13-26)24(37)33-7-9-39-10-8-33;24-17-7-14(10-28)3-6-18(17)29-12-19(31)30(22(21(29)34)8-15(9-22)20(32)33)11-13-1-4-16(5-2-13)23(25,26)27/h1-6,11,19H,7-10,12-13,15-16H2;1-7,15H,8-9,11-12H2,(H,32,33). The number of ether oxygens (including phenoxy) is 1. The van der Waals surface area contributed by atoms with Crippen molar-refractivity contribution in [3.05, 3.63) is 130 Å². The van der Waals surface area contributed by atoms with Crippen molar-refractivity contribution >= 4 is 46.9 Å². The summed E-state index contributed by atoms with van der Waals surface area (Å²) in [6, 6.07) is 19.0. The zero-order valence-corrected chi connectivity index (χ0v) is 38.2. The summed E-state index contributed by atoms with van der Waals surface area (Å²) in [6.45, 7) is 0.219. The van der Waals surface area contributed by atoms with Gasteiger partial charge < -0.3 is 24.5 Å². The highest BCUT2D eigenvalue weighted by molar-refractivity contribution is 6.11. The van der Waals surface area contributed by atoms with Crippen LogP contribution in [0.3, 0.4) is 0 Å². The van der Waals surface area contributed by atoms with E-state index in [2.05, 4.69) is 0 Å². The lowest BCUT2D eigenvalue weighted by molar-refractivity contribution is -0.169. The SMILES string of the molecule is N#Cc1ccc(N2CC(=O)N(Cc3ccc(C(F)(F)F)cc3)C3(CC(C(=O)N4CCOCC4)C3)C2=O)c(F)c1.N#Cc1ccc(N2CC(=O)N(Cc3ccc(C(F)(F)F)cc3)C3(CC(C(=O)O)C3)C2=O)c(F)c1. The van der Waals surface area contributed by atoms with Crippen LogP contribution < -0.4 is 9.80 Å². The minimum Gasteiger partial charge on any atom is -0.481 e. The number of carbonyl (C=O) groups is 6. The number of carboxylic acids is 1. The molecular weight excluding hydrogens is 979 g/mol. The number of benzene rings is 4. The van der Waals surface area contributed by atoms with Crippen molar-refractivity contribution in [1.82, 2.24) is 14.7 Å². The zero-order valence-electron chi connectivity index (χ0n) is 38.2. The molecule has 3 saturated heterocycles. The molecule has 2 aliphatic carbocycles. The first-order valence-electron chi connectivity index (χ1n) is 22.6. The van der Waals surface area contributed by atoms with Gasteiger partial charge >= 0.3 is 18.3 Å². The van der Waals surface area contributed by atoms with E-state index in [0.717, 1.165) is 46.2 Å². The Labute approximate surface area is 410 Å². The number of morpholine rings is 1. The summed E-state index contributed by atoms with van der Waals surface area (Å²) < 4.78 is 112. The summed E-state index contributed by atoms with van der Waals surface area (Å²) in [5.74, 6) is -6.91.